The van der Waals surface area contributed by atoms with E-state index >= 15 is 0 Å². The molecule has 4 nitrogen and oxygen atoms in total. The van der Waals surface area contributed by atoms with Gasteiger partial charge in [-0.1, -0.05) is 0 Å². The Morgan fingerprint density at radius 3 is 2.61 bits per heavy atom. The lowest BCUT2D eigenvalue weighted by molar-refractivity contribution is -0.159. The number of carbonyl (C=O) groups is 1. The summed E-state index contributed by atoms with van der Waals surface area (Å²) in [6.07, 6.45) is -5.92. The number of hydrogen-bond donors (Lipinski definition) is 1. The monoisotopic (exact) mass is 267 g/mol. The maximum absolute atomic E-state index is 12.8. The largest absolute Gasteiger partial charge is 0.494 e. The number of alkyl halides is 3. The Morgan fingerprint density at radius 1 is 1.39 bits per heavy atom. The number of halogens is 4. The molecule has 0 aromatic heterocycles. The van der Waals surface area contributed by atoms with Gasteiger partial charge in [0.15, 0.2) is 6.61 Å². The lowest BCUT2D eigenvalue weighted by Crippen LogP contribution is -2.23. The van der Waals surface area contributed by atoms with Crippen LogP contribution in [-0.2, 0) is 4.74 Å². The van der Waals surface area contributed by atoms with Crippen molar-refractivity contribution < 1.29 is 31.8 Å². The molecule has 0 radical (unpaired) electrons. The number of methoxy groups -OCH3 is 1. The third-order valence-electron chi connectivity index (χ3n) is 1.77. The third-order valence-corrected chi connectivity index (χ3v) is 1.77. The molecule has 0 heterocycles. The van der Waals surface area contributed by atoms with Crippen molar-refractivity contribution in [3.63, 3.8) is 0 Å². The standard InChI is InChI=1S/C10H9F4NO3/c1-17-8-4-6(11)2-3-7(8)15-9(16)18-5-10(12,13)14/h2-4H,5H2,1H3,(H,15,16). The summed E-state index contributed by atoms with van der Waals surface area (Å²) in [6.45, 7) is -1.71. The normalized spacial score (nSPS) is 10.9. The number of ether oxygens (including phenoxy) is 2. The average molecular weight is 267 g/mol. The number of anilines is 1. The van der Waals surface area contributed by atoms with Gasteiger partial charge >= 0.3 is 12.3 Å². The number of amides is 1. The van der Waals surface area contributed by atoms with E-state index in [1.165, 1.54) is 7.11 Å². The minimum Gasteiger partial charge on any atom is -0.494 e. The highest BCUT2D eigenvalue weighted by Gasteiger charge is 2.29. The Labute approximate surface area is 99.5 Å². The molecule has 0 atom stereocenters. The molecule has 100 valence electrons. The summed E-state index contributed by atoms with van der Waals surface area (Å²) < 4.78 is 56.8. The zero-order valence-corrected chi connectivity index (χ0v) is 9.18. The molecule has 0 aliphatic rings. The van der Waals surface area contributed by atoms with Crippen LogP contribution >= 0.6 is 0 Å². The van der Waals surface area contributed by atoms with Gasteiger partial charge in [-0.3, -0.25) is 5.32 Å². The number of carbonyl (C=O) groups excluding carboxylic acids is 1. The van der Waals surface area contributed by atoms with Crippen LogP contribution in [0.15, 0.2) is 18.2 Å². The van der Waals surface area contributed by atoms with E-state index in [-0.39, 0.29) is 11.4 Å². The average Bonchev–Trinajstić information content (AvgIpc) is 2.28. The van der Waals surface area contributed by atoms with E-state index in [1.807, 2.05) is 5.32 Å². The highest BCUT2D eigenvalue weighted by atomic mass is 19.4. The van der Waals surface area contributed by atoms with Gasteiger partial charge in [0, 0.05) is 6.07 Å². The van der Waals surface area contributed by atoms with E-state index in [9.17, 15) is 22.4 Å². The van der Waals surface area contributed by atoms with Crippen LogP contribution in [0.1, 0.15) is 0 Å². The summed E-state index contributed by atoms with van der Waals surface area (Å²) in [4.78, 5) is 11.0. The topological polar surface area (TPSA) is 47.6 Å². The smallest absolute Gasteiger partial charge is 0.422 e. The summed E-state index contributed by atoms with van der Waals surface area (Å²) in [5.41, 5.74) is 0.00562. The fraction of sp³-hybridized carbons (Fsp3) is 0.300. The van der Waals surface area contributed by atoms with Gasteiger partial charge in [0.05, 0.1) is 12.8 Å². The Hall–Kier alpha value is -1.99. The Morgan fingerprint density at radius 2 is 2.06 bits per heavy atom. The molecule has 0 aliphatic heterocycles. The lowest BCUT2D eigenvalue weighted by atomic mass is 10.3. The molecule has 8 heteroatoms. The van der Waals surface area contributed by atoms with Crippen molar-refractivity contribution in [2.75, 3.05) is 19.0 Å². The number of benzene rings is 1. The molecule has 0 bridgehead atoms. The second-order valence-electron chi connectivity index (χ2n) is 3.16. The van der Waals surface area contributed by atoms with Crippen LogP contribution in [0.2, 0.25) is 0 Å². The van der Waals surface area contributed by atoms with Crippen molar-refractivity contribution in [3.8, 4) is 5.75 Å². The van der Waals surface area contributed by atoms with E-state index in [4.69, 9.17) is 4.74 Å². The van der Waals surface area contributed by atoms with Gasteiger partial charge in [-0.25, -0.2) is 9.18 Å². The summed E-state index contributed by atoms with van der Waals surface area (Å²) >= 11 is 0. The molecule has 1 N–H and O–H groups in total. The third kappa shape index (κ3) is 4.48. The van der Waals surface area contributed by atoms with Gasteiger partial charge in [-0.05, 0) is 12.1 Å². The molecule has 1 amide bonds. The first-order chi connectivity index (χ1) is 8.31. The first-order valence-electron chi connectivity index (χ1n) is 4.66. The molecule has 0 saturated heterocycles. The van der Waals surface area contributed by atoms with Crippen LogP contribution in [0.4, 0.5) is 28.0 Å². The Bertz CT molecular complexity index is 434. The lowest BCUT2D eigenvalue weighted by Gasteiger charge is -2.11. The summed E-state index contributed by atoms with van der Waals surface area (Å²) in [6, 6.07) is 3.13. The van der Waals surface area contributed by atoms with Crippen molar-refractivity contribution in [1.29, 1.82) is 0 Å². The molecule has 18 heavy (non-hydrogen) atoms. The molecule has 0 spiro atoms. The van der Waals surface area contributed by atoms with Crippen molar-refractivity contribution >= 4 is 11.8 Å². The van der Waals surface area contributed by atoms with Crippen LogP contribution in [0.5, 0.6) is 5.75 Å². The first-order valence-corrected chi connectivity index (χ1v) is 4.66. The van der Waals surface area contributed by atoms with Gasteiger partial charge in [0.25, 0.3) is 0 Å². The van der Waals surface area contributed by atoms with Crippen molar-refractivity contribution in [2.24, 2.45) is 0 Å². The first kappa shape index (κ1) is 14.1. The van der Waals surface area contributed by atoms with Gasteiger partial charge in [-0.15, -0.1) is 0 Å². The molecular formula is C10H9F4NO3. The van der Waals surface area contributed by atoms with E-state index in [1.54, 1.807) is 0 Å². The van der Waals surface area contributed by atoms with Gasteiger partial charge in [0.2, 0.25) is 0 Å². The molecule has 1 aromatic rings. The van der Waals surface area contributed by atoms with Gasteiger partial charge in [0.1, 0.15) is 11.6 Å². The molecule has 0 aliphatic carbocycles. The van der Waals surface area contributed by atoms with Crippen LogP contribution in [-0.4, -0.2) is 26.0 Å². The second-order valence-corrected chi connectivity index (χ2v) is 3.16. The minimum absolute atomic E-state index is 0.00562. The van der Waals surface area contributed by atoms with E-state index < -0.39 is 24.7 Å². The zero-order chi connectivity index (χ0) is 13.8. The minimum atomic E-state index is -4.61. The van der Waals surface area contributed by atoms with Crippen LogP contribution < -0.4 is 10.1 Å². The van der Waals surface area contributed by atoms with Crippen LogP contribution in [0.25, 0.3) is 0 Å². The quantitative estimate of drug-likeness (QED) is 0.856. The fourth-order valence-corrected chi connectivity index (χ4v) is 1.06. The van der Waals surface area contributed by atoms with Crippen LogP contribution in [0.3, 0.4) is 0 Å². The van der Waals surface area contributed by atoms with Crippen molar-refractivity contribution in [3.05, 3.63) is 24.0 Å². The summed E-state index contributed by atoms with van der Waals surface area (Å²) in [5, 5.41) is 2.01. The van der Waals surface area contributed by atoms with Crippen molar-refractivity contribution in [1.82, 2.24) is 0 Å². The molecule has 0 fully saturated rings. The van der Waals surface area contributed by atoms with E-state index in [0.717, 1.165) is 18.2 Å². The maximum Gasteiger partial charge on any atom is 0.422 e. The highest BCUT2D eigenvalue weighted by molar-refractivity contribution is 5.86. The Balaban J connectivity index is 2.64. The molecule has 1 rings (SSSR count). The predicted molar refractivity (Wildman–Crippen MR) is 54.0 cm³/mol. The number of hydrogen-bond acceptors (Lipinski definition) is 3. The van der Waals surface area contributed by atoms with E-state index in [2.05, 4.69) is 4.74 Å². The van der Waals surface area contributed by atoms with Gasteiger partial charge in [-0.2, -0.15) is 13.2 Å². The highest BCUT2D eigenvalue weighted by Crippen LogP contribution is 2.25. The molecule has 0 unspecified atom stereocenters. The maximum atomic E-state index is 12.8. The summed E-state index contributed by atoms with van der Waals surface area (Å²) in [5.74, 6) is -0.639. The van der Waals surface area contributed by atoms with Crippen molar-refractivity contribution in [2.45, 2.75) is 6.18 Å². The summed E-state index contributed by atoms with van der Waals surface area (Å²) in [7, 11) is 1.22. The Kier molecular flexibility index (Phi) is 4.35. The second kappa shape index (κ2) is 5.56. The molecule has 1 aromatic carbocycles. The van der Waals surface area contributed by atoms with E-state index in [0.29, 0.717) is 0 Å². The SMILES string of the molecule is COc1cc(F)ccc1NC(=O)OCC(F)(F)F. The fourth-order valence-electron chi connectivity index (χ4n) is 1.06. The number of nitrogens with one attached hydrogen (secondary N) is 1. The molecular weight excluding hydrogens is 258 g/mol. The number of rotatable bonds is 3. The predicted octanol–water partition coefficient (Wildman–Crippen LogP) is 2.95. The van der Waals surface area contributed by atoms with Gasteiger partial charge < -0.3 is 9.47 Å². The zero-order valence-electron chi connectivity index (χ0n) is 9.18. The van der Waals surface area contributed by atoms with Crippen LogP contribution in [0, 0.1) is 5.82 Å². The molecule has 0 saturated carbocycles.